The van der Waals surface area contributed by atoms with Crippen LogP contribution in [-0.4, -0.2) is 43.1 Å². The Kier molecular flexibility index (Phi) is 6.21. The number of ether oxygens (including phenoxy) is 1. The molecule has 3 aromatic rings. The number of hydrogen-bond donors (Lipinski definition) is 2. The van der Waals surface area contributed by atoms with Crippen LogP contribution in [0.25, 0.3) is 11.0 Å². The maximum Gasteiger partial charge on any atom is 0.223 e. The Bertz CT molecular complexity index is 1050. The van der Waals surface area contributed by atoms with Crippen molar-refractivity contribution in [3.05, 3.63) is 28.7 Å². The van der Waals surface area contributed by atoms with Crippen molar-refractivity contribution in [1.82, 2.24) is 24.7 Å². The predicted octanol–water partition coefficient (Wildman–Crippen LogP) is 2.65. The third-order valence-electron chi connectivity index (χ3n) is 5.27. The van der Waals surface area contributed by atoms with Gasteiger partial charge in [-0.05, 0) is 20.3 Å². The minimum atomic E-state index is 0. The summed E-state index contributed by atoms with van der Waals surface area (Å²) in [5.74, 6) is 1.10. The number of hydrogen-bond acceptors (Lipinski definition) is 8. The van der Waals surface area contributed by atoms with Gasteiger partial charge in [-0.3, -0.25) is 4.98 Å². The Hall–Kier alpha value is -2.10. The molecule has 3 aromatic heterocycles. The first kappa shape index (κ1) is 21.6. The van der Waals surface area contributed by atoms with Crippen molar-refractivity contribution in [2.24, 2.45) is 5.73 Å². The van der Waals surface area contributed by atoms with E-state index in [4.69, 9.17) is 21.3 Å². The average Bonchev–Trinajstić information content (AvgIpc) is 2.91. The molecule has 0 aromatic carbocycles. The molecule has 4 N–H and O–H groups in total. The largest absolute Gasteiger partial charge is 0.496 e. The number of nitrogens with zero attached hydrogens (tertiary/aromatic N) is 5. The molecule has 10 heteroatoms. The number of pyridine rings is 1. The lowest BCUT2D eigenvalue weighted by Gasteiger charge is -2.19. The number of aromatic nitrogens is 5. The Morgan fingerprint density at radius 1 is 1.31 bits per heavy atom. The number of anilines is 1. The first-order chi connectivity index (χ1) is 13.4. The second-order valence-corrected chi connectivity index (χ2v) is 8.40. The van der Waals surface area contributed by atoms with E-state index in [9.17, 15) is 0 Å². The monoisotopic (exact) mass is 435 g/mol. The molecule has 0 amide bonds. The number of thioether (sulfide) groups is 1. The van der Waals surface area contributed by atoms with Crippen LogP contribution in [0.3, 0.4) is 0 Å². The first-order valence-corrected chi connectivity index (χ1v) is 10.2. The molecule has 2 atom stereocenters. The third-order valence-corrected chi connectivity index (χ3v) is 6.77. The number of aryl methyl sites for hydroxylation is 1. The van der Waals surface area contributed by atoms with Crippen LogP contribution in [0.15, 0.2) is 11.2 Å². The molecule has 2 unspecified atom stereocenters. The van der Waals surface area contributed by atoms with Crippen LogP contribution in [-0.2, 0) is 13.0 Å². The van der Waals surface area contributed by atoms with E-state index in [1.54, 1.807) is 18.9 Å². The maximum absolute atomic E-state index is 6.44. The molecule has 0 aliphatic carbocycles. The molecule has 0 saturated heterocycles. The highest BCUT2D eigenvalue weighted by molar-refractivity contribution is 8.00. The summed E-state index contributed by atoms with van der Waals surface area (Å²) in [6.07, 6.45) is 3.48. The minimum absolute atomic E-state index is 0. The van der Waals surface area contributed by atoms with E-state index >= 15 is 0 Å². The van der Waals surface area contributed by atoms with Gasteiger partial charge in [-0.15, -0.1) is 24.2 Å². The summed E-state index contributed by atoms with van der Waals surface area (Å²) in [5.41, 5.74) is 17.0. The van der Waals surface area contributed by atoms with Crippen LogP contribution in [0.5, 0.6) is 5.75 Å². The van der Waals surface area contributed by atoms with Gasteiger partial charge in [-0.2, -0.15) is 10.1 Å². The molecule has 156 valence electrons. The van der Waals surface area contributed by atoms with E-state index in [2.05, 4.69) is 21.9 Å². The van der Waals surface area contributed by atoms with Gasteiger partial charge in [0.05, 0.1) is 30.4 Å². The Labute approximate surface area is 180 Å². The van der Waals surface area contributed by atoms with Gasteiger partial charge in [0, 0.05) is 35.0 Å². The van der Waals surface area contributed by atoms with Crippen molar-refractivity contribution >= 4 is 41.2 Å². The van der Waals surface area contributed by atoms with Crippen LogP contribution in [0.4, 0.5) is 5.95 Å². The molecule has 0 saturated carbocycles. The summed E-state index contributed by atoms with van der Waals surface area (Å²) >= 11 is 1.68. The summed E-state index contributed by atoms with van der Waals surface area (Å²) in [5, 5.41) is 6.95. The highest BCUT2D eigenvalue weighted by Crippen LogP contribution is 2.38. The molecule has 29 heavy (non-hydrogen) atoms. The van der Waals surface area contributed by atoms with E-state index in [1.165, 1.54) is 0 Å². The molecule has 0 fully saturated rings. The lowest BCUT2D eigenvalue weighted by molar-refractivity contribution is 0.406. The smallest absolute Gasteiger partial charge is 0.223 e. The van der Waals surface area contributed by atoms with E-state index in [0.717, 1.165) is 50.7 Å². The van der Waals surface area contributed by atoms with Gasteiger partial charge >= 0.3 is 0 Å². The van der Waals surface area contributed by atoms with Crippen molar-refractivity contribution in [2.45, 2.75) is 56.5 Å². The SMILES string of the molecule is CCC1Sc2nc(N)nc3c2c(nn3Cc2ncc(C)c(OC)c2C)CC1N.Cl. The van der Waals surface area contributed by atoms with Gasteiger partial charge in [0.2, 0.25) is 5.95 Å². The Morgan fingerprint density at radius 3 is 2.76 bits per heavy atom. The zero-order valence-corrected chi connectivity index (χ0v) is 18.6. The molecule has 1 aliphatic heterocycles. The van der Waals surface area contributed by atoms with Gasteiger partial charge in [0.15, 0.2) is 5.65 Å². The molecule has 4 rings (SSSR count). The van der Waals surface area contributed by atoms with Gasteiger partial charge in [0.25, 0.3) is 0 Å². The van der Waals surface area contributed by atoms with Crippen molar-refractivity contribution in [1.29, 1.82) is 0 Å². The normalized spacial score (nSPS) is 18.4. The number of halogens is 1. The second-order valence-electron chi connectivity index (χ2n) is 7.17. The van der Waals surface area contributed by atoms with Crippen molar-refractivity contribution in [2.75, 3.05) is 12.8 Å². The summed E-state index contributed by atoms with van der Waals surface area (Å²) in [4.78, 5) is 13.6. The Morgan fingerprint density at radius 2 is 2.07 bits per heavy atom. The highest BCUT2D eigenvalue weighted by Gasteiger charge is 2.29. The van der Waals surface area contributed by atoms with Crippen LogP contribution in [0.1, 0.15) is 35.9 Å². The molecule has 0 bridgehead atoms. The van der Waals surface area contributed by atoms with E-state index in [0.29, 0.717) is 13.0 Å². The Balaban J connectivity index is 0.00000240. The molecule has 8 nitrogen and oxygen atoms in total. The number of rotatable bonds is 4. The molecular formula is C19H26ClN7OS. The first-order valence-electron chi connectivity index (χ1n) is 9.37. The summed E-state index contributed by atoms with van der Waals surface area (Å²) in [6, 6.07) is 0.0105. The minimum Gasteiger partial charge on any atom is -0.496 e. The van der Waals surface area contributed by atoms with E-state index in [-0.39, 0.29) is 29.6 Å². The van der Waals surface area contributed by atoms with Crippen molar-refractivity contribution in [3.8, 4) is 5.75 Å². The van der Waals surface area contributed by atoms with Crippen LogP contribution < -0.4 is 16.2 Å². The van der Waals surface area contributed by atoms with Gasteiger partial charge in [-0.25, -0.2) is 9.67 Å². The lowest BCUT2D eigenvalue weighted by Crippen LogP contribution is -2.33. The lowest BCUT2D eigenvalue weighted by atomic mass is 10.1. The molecule has 0 radical (unpaired) electrons. The van der Waals surface area contributed by atoms with Gasteiger partial charge < -0.3 is 16.2 Å². The average molecular weight is 436 g/mol. The van der Waals surface area contributed by atoms with Crippen LogP contribution in [0.2, 0.25) is 0 Å². The number of nitrogen functional groups attached to an aromatic ring is 1. The van der Waals surface area contributed by atoms with Crippen molar-refractivity contribution in [3.63, 3.8) is 0 Å². The second kappa shape index (κ2) is 8.33. The highest BCUT2D eigenvalue weighted by atomic mass is 35.5. The summed E-state index contributed by atoms with van der Waals surface area (Å²) in [6.45, 7) is 6.61. The third kappa shape index (κ3) is 3.74. The zero-order chi connectivity index (χ0) is 20.0. The van der Waals surface area contributed by atoms with Gasteiger partial charge in [0.1, 0.15) is 10.8 Å². The van der Waals surface area contributed by atoms with E-state index in [1.807, 2.05) is 24.7 Å². The molecular weight excluding hydrogens is 410 g/mol. The quantitative estimate of drug-likeness (QED) is 0.600. The van der Waals surface area contributed by atoms with Crippen LogP contribution >= 0.6 is 24.2 Å². The number of nitrogens with two attached hydrogens (primary N) is 2. The maximum atomic E-state index is 6.44. The fraction of sp³-hybridized carbons (Fsp3) is 0.474. The summed E-state index contributed by atoms with van der Waals surface area (Å²) < 4.78 is 7.39. The molecule has 4 heterocycles. The standard InChI is InChI=1S/C19H25N7OS.ClH/c1-5-14-11(20)6-12-15-17(23-19(21)24-18(15)28-14)26(25-12)8-13-10(3)16(27-4)9(2)7-22-13;/h7,11,14H,5-6,8,20H2,1-4H3,(H2,21,23,24);1H. The van der Waals surface area contributed by atoms with Crippen molar-refractivity contribution < 1.29 is 4.74 Å². The van der Waals surface area contributed by atoms with E-state index < -0.39 is 0 Å². The fourth-order valence-electron chi connectivity index (χ4n) is 3.81. The fourth-order valence-corrected chi connectivity index (χ4v) is 5.01. The van der Waals surface area contributed by atoms with Crippen LogP contribution in [0, 0.1) is 13.8 Å². The topological polar surface area (TPSA) is 118 Å². The summed E-state index contributed by atoms with van der Waals surface area (Å²) in [7, 11) is 1.68. The molecule has 1 aliphatic rings. The zero-order valence-electron chi connectivity index (χ0n) is 17.0. The number of methoxy groups -OCH3 is 1. The van der Waals surface area contributed by atoms with Gasteiger partial charge in [-0.1, -0.05) is 6.92 Å². The molecule has 0 spiro atoms. The predicted molar refractivity (Wildman–Crippen MR) is 118 cm³/mol.